The Bertz CT molecular complexity index is 584. The largest absolute Gasteiger partial charge is 0.495 e. The zero-order chi connectivity index (χ0) is 15.3. The minimum absolute atomic E-state index is 0.0615. The molecule has 112 valence electrons. The lowest BCUT2D eigenvalue weighted by Crippen LogP contribution is -2.33. The van der Waals surface area contributed by atoms with E-state index in [1.807, 2.05) is 0 Å². The van der Waals surface area contributed by atoms with E-state index in [1.165, 1.54) is 19.2 Å². The molecule has 0 aliphatic rings. The van der Waals surface area contributed by atoms with E-state index in [9.17, 15) is 13.2 Å². The molecule has 0 amide bonds. The Morgan fingerprint density at radius 1 is 1.40 bits per heavy atom. The van der Waals surface area contributed by atoms with Crippen LogP contribution >= 0.6 is 0 Å². The van der Waals surface area contributed by atoms with E-state index in [0.29, 0.717) is 0 Å². The highest BCUT2D eigenvalue weighted by Gasteiger charge is 2.27. The van der Waals surface area contributed by atoms with E-state index in [0.717, 1.165) is 10.4 Å². The number of nitrogens with zero attached hydrogens (tertiary/aromatic N) is 1. The number of ether oxygens (including phenoxy) is 1. The molecule has 1 rings (SSSR count). The molecule has 0 saturated carbocycles. The Balaban J connectivity index is 3.41. The van der Waals surface area contributed by atoms with E-state index in [2.05, 4.69) is 0 Å². The van der Waals surface area contributed by atoms with Crippen molar-refractivity contribution in [3.8, 4) is 5.75 Å². The maximum absolute atomic E-state index is 12.4. The fourth-order valence-corrected chi connectivity index (χ4v) is 3.33. The third kappa shape index (κ3) is 3.27. The van der Waals surface area contributed by atoms with Crippen LogP contribution in [0.25, 0.3) is 0 Å². The van der Waals surface area contributed by atoms with Crippen LogP contribution < -0.4 is 4.74 Å². The Labute approximate surface area is 117 Å². The number of hydrogen-bond donors (Lipinski definition) is 2. The number of benzene rings is 1. The highest BCUT2D eigenvalue weighted by molar-refractivity contribution is 7.89. The number of carboxylic acid groups (broad SMARTS) is 1. The molecule has 0 aliphatic heterocycles. The number of hydrogen-bond acceptors (Lipinski definition) is 5. The number of likely N-dealkylation sites (N-methyl/N-ethyl adjacent to an activating group) is 1. The van der Waals surface area contributed by atoms with Crippen molar-refractivity contribution in [1.82, 2.24) is 4.31 Å². The summed E-state index contributed by atoms with van der Waals surface area (Å²) in [4.78, 5) is 10.7. The average molecular weight is 303 g/mol. The van der Waals surface area contributed by atoms with Crippen molar-refractivity contribution >= 4 is 16.0 Å². The van der Waals surface area contributed by atoms with Gasteiger partial charge in [0.2, 0.25) is 10.0 Å². The van der Waals surface area contributed by atoms with E-state index >= 15 is 0 Å². The Morgan fingerprint density at radius 2 is 2.05 bits per heavy atom. The second-order valence-corrected chi connectivity index (χ2v) is 5.80. The first-order valence-electron chi connectivity index (χ1n) is 5.90. The summed E-state index contributed by atoms with van der Waals surface area (Å²) in [6.07, 6.45) is 0. The van der Waals surface area contributed by atoms with Crippen molar-refractivity contribution in [3.63, 3.8) is 0 Å². The second kappa shape index (κ2) is 6.69. The molecule has 0 radical (unpaired) electrons. The minimum atomic E-state index is -3.93. The lowest BCUT2D eigenvalue weighted by atomic mass is 10.2. The van der Waals surface area contributed by atoms with Gasteiger partial charge in [-0.25, -0.2) is 13.2 Å². The van der Waals surface area contributed by atoms with Gasteiger partial charge in [0.25, 0.3) is 0 Å². The summed E-state index contributed by atoms with van der Waals surface area (Å²) in [5.41, 5.74) is -0.149. The van der Waals surface area contributed by atoms with Gasteiger partial charge in [0.15, 0.2) is 0 Å². The van der Waals surface area contributed by atoms with Gasteiger partial charge in [0, 0.05) is 13.1 Å². The maximum atomic E-state index is 12.4. The predicted octanol–water partition coefficient (Wildman–Crippen LogP) is 0.396. The number of methoxy groups -OCH3 is 1. The molecule has 0 aliphatic carbocycles. The van der Waals surface area contributed by atoms with Crippen molar-refractivity contribution < 1.29 is 28.2 Å². The summed E-state index contributed by atoms with van der Waals surface area (Å²) >= 11 is 0. The van der Waals surface area contributed by atoms with Gasteiger partial charge >= 0.3 is 5.97 Å². The summed E-state index contributed by atoms with van der Waals surface area (Å²) in [6, 6.07) is 3.61. The number of rotatable bonds is 7. The number of aromatic carboxylic acids is 1. The van der Waals surface area contributed by atoms with Gasteiger partial charge < -0.3 is 14.9 Å². The monoisotopic (exact) mass is 303 g/mol. The van der Waals surface area contributed by atoms with Crippen LogP contribution in [0, 0.1) is 0 Å². The molecule has 0 bridgehead atoms. The number of carboxylic acids is 1. The van der Waals surface area contributed by atoms with Crippen molar-refractivity contribution in [2.24, 2.45) is 0 Å². The van der Waals surface area contributed by atoms with Crippen LogP contribution in [0.4, 0.5) is 0 Å². The van der Waals surface area contributed by atoms with Gasteiger partial charge in [-0.3, -0.25) is 0 Å². The van der Waals surface area contributed by atoms with Gasteiger partial charge in [-0.2, -0.15) is 4.31 Å². The van der Waals surface area contributed by atoms with Gasteiger partial charge in [-0.15, -0.1) is 0 Å². The summed E-state index contributed by atoms with van der Waals surface area (Å²) in [7, 11) is -2.62. The second-order valence-electron chi connectivity index (χ2n) is 3.89. The van der Waals surface area contributed by atoms with Crippen molar-refractivity contribution in [3.05, 3.63) is 23.8 Å². The molecule has 0 spiro atoms. The normalized spacial score (nSPS) is 11.6. The van der Waals surface area contributed by atoms with Crippen LogP contribution in [0.1, 0.15) is 17.3 Å². The Kier molecular flexibility index (Phi) is 5.49. The van der Waals surface area contributed by atoms with Crippen LogP contribution in [0.15, 0.2) is 23.1 Å². The van der Waals surface area contributed by atoms with Crippen LogP contribution in [0.3, 0.4) is 0 Å². The number of carbonyl (C=O) groups is 1. The van der Waals surface area contributed by atoms with Gasteiger partial charge in [0.1, 0.15) is 10.6 Å². The number of aliphatic hydroxyl groups excluding tert-OH is 1. The quantitative estimate of drug-likeness (QED) is 0.755. The zero-order valence-electron chi connectivity index (χ0n) is 11.2. The molecule has 0 saturated heterocycles. The SMILES string of the molecule is CCN(CCO)S(=O)(=O)c1cc(C(=O)O)ccc1OC. The molecule has 8 heteroatoms. The third-order valence-electron chi connectivity index (χ3n) is 2.73. The van der Waals surface area contributed by atoms with Crippen molar-refractivity contribution in [1.29, 1.82) is 0 Å². The highest BCUT2D eigenvalue weighted by Crippen LogP contribution is 2.27. The van der Waals surface area contributed by atoms with E-state index in [4.69, 9.17) is 14.9 Å². The first-order chi connectivity index (χ1) is 9.38. The van der Waals surface area contributed by atoms with Gasteiger partial charge in [-0.05, 0) is 18.2 Å². The Hall–Kier alpha value is -1.64. The van der Waals surface area contributed by atoms with Gasteiger partial charge in [0.05, 0.1) is 19.3 Å². The molecule has 0 unspecified atom stereocenters. The summed E-state index contributed by atoms with van der Waals surface area (Å²) in [5, 5.41) is 17.9. The van der Waals surface area contributed by atoms with E-state index < -0.39 is 16.0 Å². The highest BCUT2D eigenvalue weighted by atomic mass is 32.2. The maximum Gasteiger partial charge on any atom is 0.335 e. The van der Waals surface area contributed by atoms with E-state index in [-0.39, 0.29) is 35.9 Å². The summed E-state index contributed by atoms with van der Waals surface area (Å²) < 4.78 is 30.9. The number of aliphatic hydroxyl groups is 1. The first-order valence-corrected chi connectivity index (χ1v) is 7.34. The molecule has 0 atom stereocenters. The van der Waals surface area contributed by atoms with Crippen LogP contribution in [0.5, 0.6) is 5.75 Å². The molecule has 0 aromatic heterocycles. The number of sulfonamides is 1. The molecular weight excluding hydrogens is 286 g/mol. The predicted molar refractivity (Wildman–Crippen MR) is 71.5 cm³/mol. The smallest absolute Gasteiger partial charge is 0.335 e. The summed E-state index contributed by atoms with van der Waals surface area (Å²) in [5.74, 6) is -1.17. The molecule has 0 heterocycles. The van der Waals surface area contributed by atoms with Crippen LogP contribution in [0.2, 0.25) is 0 Å². The summed E-state index contributed by atoms with van der Waals surface area (Å²) in [6.45, 7) is 1.39. The van der Waals surface area contributed by atoms with Crippen molar-refractivity contribution in [2.45, 2.75) is 11.8 Å². The first kappa shape index (κ1) is 16.4. The molecule has 1 aromatic carbocycles. The topological polar surface area (TPSA) is 104 Å². The third-order valence-corrected chi connectivity index (χ3v) is 4.73. The Morgan fingerprint density at radius 3 is 2.50 bits per heavy atom. The minimum Gasteiger partial charge on any atom is -0.495 e. The fourth-order valence-electron chi connectivity index (χ4n) is 1.71. The molecule has 20 heavy (non-hydrogen) atoms. The molecule has 1 aromatic rings. The molecule has 0 fully saturated rings. The lowest BCUT2D eigenvalue weighted by Gasteiger charge is -2.21. The van der Waals surface area contributed by atoms with Gasteiger partial charge in [-0.1, -0.05) is 6.92 Å². The standard InChI is InChI=1S/C12H17NO6S/c1-3-13(6-7-14)20(17,18)11-8-9(12(15)16)4-5-10(11)19-2/h4-5,8,14H,3,6-7H2,1-2H3,(H,15,16). The van der Waals surface area contributed by atoms with Crippen molar-refractivity contribution in [2.75, 3.05) is 26.8 Å². The van der Waals surface area contributed by atoms with E-state index in [1.54, 1.807) is 6.92 Å². The zero-order valence-corrected chi connectivity index (χ0v) is 12.1. The fraction of sp³-hybridized carbons (Fsp3) is 0.417. The lowest BCUT2D eigenvalue weighted by molar-refractivity contribution is 0.0696. The average Bonchev–Trinajstić information content (AvgIpc) is 2.43. The molecule has 7 nitrogen and oxygen atoms in total. The molecule has 2 N–H and O–H groups in total. The van der Waals surface area contributed by atoms with Crippen LogP contribution in [-0.4, -0.2) is 55.7 Å². The molecular formula is C12H17NO6S. The van der Waals surface area contributed by atoms with Crippen LogP contribution in [-0.2, 0) is 10.0 Å².